The number of carbonyl (C=O) groups excluding carboxylic acids is 2. The van der Waals surface area contributed by atoms with Gasteiger partial charge in [0.05, 0.1) is 10.7 Å². The zero-order chi connectivity index (χ0) is 18.0. The Morgan fingerprint density at radius 1 is 1.32 bits per heavy atom. The van der Waals surface area contributed by atoms with Crippen molar-refractivity contribution in [1.82, 2.24) is 19.5 Å². The monoisotopic (exact) mass is 359 g/mol. The number of carbonyl (C=O) groups is 2. The van der Waals surface area contributed by atoms with Gasteiger partial charge in [-0.1, -0.05) is 25.4 Å². The molecule has 1 fully saturated rings. The smallest absolute Gasteiger partial charge is 0.293 e. The average Bonchev–Trinajstić information content (AvgIpc) is 2.92. The number of fused-ring (bicyclic) bond motifs is 1. The number of aromatic nitrogens is 3. The minimum absolute atomic E-state index is 0.0261. The van der Waals surface area contributed by atoms with Crippen molar-refractivity contribution in [2.24, 2.45) is 16.6 Å². The highest BCUT2D eigenvalue weighted by Crippen LogP contribution is 2.47. The van der Waals surface area contributed by atoms with Crippen LogP contribution in [0.2, 0.25) is 5.02 Å². The lowest BCUT2D eigenvalue weighted by molar-refractivity contribution is -0.127. The molecule has 0 saturated carbocycles. The van der Waals surface area contributed by atoms with E-state index in [2.05, 4.69) is 10.1 Å². The van der Waals surface area contributed by atoms with Crippen LogP contribution >= 0.6 is 11.6 Å². The number of nitrogens with two attached hydrogens (primary N) is 1. The van der Waals surface area contributed by atoms with Crippen LogP contribution in [0.1, 0.15) is 30.9 Å². The second-order valence-corrected chi connectivity index (χ2v) is 8.03. The molecule has 1 saturated heterocycles. The summed E-state index contributed by atoms with van der Waals surface area (Å²) in [7, 11) is 0. The lowest BCUT2D eigenvalue weighted by Crippen LogP contribution is -2.61. The summed E-state index contributed by atoms with van der Waals surface area (Å²) in [6, 6.07) is 3.41. The number of amides is 1. The van der Waals surface area contributed by atoms with Crippen LogP contribution in [0.5, 0.6) is 0 Å². The zero-order valence-corrected chi connectivity index (χ0v) is 14.7. The number of nitrogens with zero attached hydrogens (tertiary/aromatic N) is 4. The van der Waals surface area contributed by atoms with E-state index in [1.54, 1.807) is 23.2 Å². The summed E-state index contributed by atoms with van der Waals surface area (Å²) < 4.78 is 1.49. The number of Topliss-reactive ketones (excluding diaryl/α,β-unsaturated/α-hetero) is 1. The Labute approximate surface area is 149 Å². The van der Waals surface area contributed by atoms with E-state index in [1.165, 1.54) is 4.52 Å². The summed E-state index contributed by atoms with van der Waals surface area (Å²) in [5, 5.41) is 4.72. The molecule has 0 radical (unpaired) electrons. The SMILES string of the molecule is CC1(C)CC2(C=C(N)C1=O)CN(C(=O)c1nc3ccc(Cl)cn3n1)C2. The number of hydrogen-bond acceptors (Lipinski definition) is 5. The Kier molecular flexibility index (Phi) is 3.25. The van der Waals surface area contributed by atoms with Gasteiger partial charge >= 0.3 is 0 Å². The first-order valence-corrected chi connectivity index (χ1v) is 8.41. The predicted octanol–water partition coefficient (Wildman–Crippen LogP) is 1.67. The van der Waals surface area contributed by atoms with Crippen molar-refractivity contribution in [2.45, 2.75) is 20.3 Å². The van der Waals surface area contributed by atoms with Crippen LogP contribution in [0.4, 0.5) is 0 Å². The largest absolute Gasteiger partial charge is 0.396 e. The average molecular weight is 360 g/mol. The standard InChI is InChI=1S/C17H18ClN5O2/c1-16(2)7-17(5-11(19)13(16)24)8-22(9-17)15(25)14-20-12-4-3-10(18)6-23(12)21-14/h3-6H,7-9,19H2,1-2H3. The van der Waals surface area contributed by atoms with Crippen molar-refractivity contribution in [3.05, 3.63) is 40.9 Å². The van der Waals surface area contributed by atoms with Crippen molar-refractivity contribution in [3.8, 4) is 0 Å². The number of rotatable bonds is 1. The molecule has 2 aromatic rings. The predicted molar refractivity (Wildman–Crippen MR) is 92.0 cm³/mol. The molecule has 25 heavy (non-hydrogen) atoms. The molecule has 4 rings (SSSR count). The van der Waals surface area contributed by atoms with Gasteiger partial charge in [-0.2, -0.15) is 0 Å². The molecule has 2 aromatic heterocycles. The Hall–Kier alpha value is -2.41. The van der Waals surface area contributed by atoms with E-state index in [4.69, 9.17) is 17.3 Å². The maximum absolute atomic E-state index is 12.7. The number of hydrogen-bond donors (Lipinski definition) is 1. The highest BCUT2D eigenvalue weighted by molar-refractivity contribution is 6.30. The van der Waals surface area contributed by atoms with Crippen LogP contribution < -0.4 is 5.73 Å². The molecule has 8 heteroatoms. The molecule has 2 aliphatic rings. The molecule has 1 amide bonds. The van der Waals surface area contributed by atoms with Crippen molar-refractivity contribution in [3.63, 3.8) is 0 Å². The van der Waals surface area contributed by atoms with Gasteiger partial charge in [0.2, 0.25) is 5.82 Å². The van der Waals surface area contributed by atoms with Crippen molar-refractivity contribution in [1.29, 1.82) is 0 Å². The second kappa shape index (κ2) is 5.05. The summed E-state index contributed by atoms with van der Waals surface area (Å²) in [6.07, 6.45) is 4.11. The fraction of sp³-hybridized carbons (Fsp3) is 0.412. The molecule has 0 aromatic carbocycles. The van der Waals surface area contributed by atoms with E-state index in [0.29, 0.717) is 35.9 Å². The summed E-state index contributed by atoms with van der Waals surface area (Å²) in [4.78, 5) is 30.7. The Bertz CT molecular complexity index is 940. The minimum Gasteiger partial charge on any atom is -0.396 e. The van der Waals surface area contributed by atoms with Gasteiger partial charge in [-0.3, -0.25) is 9.59 Å². The van der Waals surface area contributed by atoms with Crippen molar-refractivity contribution in [2.75, 3.05) is 13.1 Å². The molecule has 0 unspecified atom stereocenters. The number of pyridine rings is 1. The minimum atomic E-state index is -0.508. The quantitative estimate of drug-likeness (QED) is 0.835. The molecule has 1 spiro atoms. The first-order valence-electron chi connectivity index (χ1n) is 8.04. The highest BCUT2D eigenvalue weighted by atomic mass is 35.5. The number of allylic oxidation sites excluding steroid dienone is 1. The zero-order valence-electron chi connectivity index (χ0n) is 14.0. The molecule has 1 aliphatic heterocycles. The lowest BCUT2D eigenvalue weighted by atomic mass is 9.62. The van der Waals surface area contributed by atoms with Crippen LogP contribution in [-0.4, -0.2) is 44.3 Å². The molecule has 7 nitrogen and oxygen atoms in total. The van der Waals surface area contributed by atoms with Gasteiger partial charge in [-0.25, -0.2) is 9.50 Å². The van der Waals surface area contributed by atoms with Crippen LogP contribution in [0.25, 0.3) is 5.65 Å². The fourth-order valence-corrected chi connectivity index (χ4v) is 4.10. The van der Waals surface area contributed by atoms with E-state index in [-0.39, 0.29) is 22.9 Å². The fourth-order valence-electron chi connectivity index (χ4n) is 3.95. The normalized spacial score (nSPS) is 21.3. The number of halogens is 1. The molecule has 0 atom stereocenters. The van der Waals surface area contributed by atoms with E-state index in [0.717, 1.165) is 0 Å². The molecule has 3 heterocycles. The maximum atomic E-state index is 12.7. The summed E-state index contributed by atoms with van der Waals surface area (Å²) in [5.74, 6) is -0.117. The van der Waals surface area contributed by atoms with E-state index < -0.39 is 5.41 Å². The van der Waals surface area contributed by atoms with E-state index in [9.17, 15) is 9.59 Å². The Morgan fingerprint density at radius 3 is 2.72 bits per heavy atom. The number of likely N-dealkylation sites (tertiary alicyclic amines) is 1. The third-order valence-electron chi connectivity index (χ3n) is 4.92. The lowest BCUT2D eigenvalue weighted by Gasteiger charge is -2.53. The molecular weight excluding hydrogens is 342 g/mol. The first kappa shape index (κ1) is 16.1. The van der Waals surface area contributed by atoms with Gasteiger partial charge in [0.25, 0.3) is 5.91 Å². The van der Waals surface area contributed by atoms with Crippen LogP contribution in [-0.2, 0) is 4.79 Å². The van der Waals surface area contributed by atoms with Gasteiger partial charge < -0.3 is 10.6 Å². The molecule has 2 N–H and O–H groups in total. The summed E-state index contributed by atoms with van der Waals surface area (Å²) in [6.45, 7) is 4.82. The highest BCUT2D eigenvalue weighted by Gasteiger charge is 2.52. The maximum Gasteiger partial charge on any atom is 0.293 e. The van der Waals surface area contributed by atoms with E-state index >= 15 is 0 Å². The third kappa shape index (κ3) is 2.50. The van der Waals surface area contributed by atoms with Gasteiger partial charge in [0.15, 0.2) is 11.4 Å². The van der Waals surface area contributed by atoms with Crippen LogP contribution in [0, 0.1) is 10.8 Å². The molecule has 0 bridgehead atoms. The number of ketones is 1. The second-order valence-electron chi connectivity index (χ2n) is 7.60. The topological polar surface area (TPSA) is 93.6 Å². The van der Waals surface area contributed by atoms with Gasteiger partial charge in [0.1, 0.15) is 0 Å². The van der Waals surface area contributed by atoms with Gasteiger partial charge in [-0.15, -0.1) is 5.10 Å². The van der Waals surface area contributed by atoms with E-state index in [1.807, 2.05) is 19.9 Å². The first-order chi connectivity index (χ1) is 11.7. The van der Waals surface area contributed by atoms with Crippen LogP contribution in [0.15, 0.2) is 30.1 Å². The third-order valence-corrected chi connectivity index (χ3v) is 5.14. The Balaban J connectivity index is 1.55. The van der Waals surface area contributed by atoms with Crippen molar-refractivity contribution < 1.29 is 9.59 Å². The van der Waals surface area contributed by atoms with Gasteiger partial charge in [0, 0.05) is 30.1 Å². The Morgan fingerprint density at radius 2 is 2.04 bits per heavy atom. The molecule has 130 valence electrons. The summed E-state index contributed by atoms with van der Waals surface area (Å²) >= 11 is 5.93. The van der Waals surface area contributed by atoms with Crippen molar-refractivity contribution >= 4 is 28.9 Å². The molecule has 1 aliphatic carbocycles. The van der Waals surface area contributed by atoms with Gasteiger partial charge in [-0.05, 0) is 24.6 Å². The molecular formula is C17H18ClN5O2. The van der Waals surface area contributed by atoms with Crippen LogP contribution in [0.3, 0.4) is 0 Å². The summed E-state index contributed by atoms with van der Waals surface area (Å²) in [5.41, 5.74) is 6.02.